The summed E-state index contributed by atoms with van der Waals surface area (Å²) in [6.07, 6.45) is 2.10. The van der Waals surface area contributed by atoms with Crippen molar-refractivity contribution in [3.05, 3.63) is 28.3 Å². The van der Waals surface area contributed by atoms with Gasteiger partial charge in [0.1, 0.15) is 25.2 Å². The van der Waals surface area contributed by atoms with Crippen LogP contribution >= 0.6 is 0 Å². The summed E-state index contributed by atoms with van der Waals surface area (Å²) in [6, 6.07) is 1.25. The smallest absolute Gasteiger partial charge is 0.332 e. The van der Waals surface area contributed by atoms with Crippen molar-refractivity contribution in [2.75, 3.05) is 20.3 Å². The number of esters is 1. The molecule has 0 N–H and O–H groups in total. The number of hydrogen-bond donors (Lipinski definition) is 0. The molecule has 112 valence electrons. The van der Waals surface area contributed by atoms with E-state index in [1.165, 1.54) is 19.4 Å². The molecule has 6 nitrogen and oxygen atoms in total. The van der Waals surface area contributed by atoms with Crippen LogP contribution in [0.15, 0.2) is 21.5 Å². The van der Waals surface area contributed by atoms with Crippen LogP contribution in [-0.4, -0.2) is 26.3 Å². The summed E-state index contributed by atoms with van der Waals surface area (Å²) in [5, 5.41) is 0. The molecule has 6 heteroatoms. The van der Waals surface area contributed by atoms with Crippen molar-refractivity contribution < 1.29 is 23.4 Å². The molecule has 1 aromatic heterocycles. The van der Waals surface area contributed by atoms with Crippen molar-refractivity contribution in [3.63, 3.8) is 0 Å². The maximum atomic E-state index is 11.7. The lowest BCUT2D eigenvalue weighted by Crippen LogP contribution is -2.13. The highest BCUT2D eigenvalue weighted by atomic mass is 16.6. The molecule has 0 aliphatic carbocycles. The molecule has 0 saturated carbocycles. The molecule has 0 aromatic carbocycles. The van der Waals surface area contributed by atoms with Crippen molar-refractivity contribution in [1.82, 2.24) is 0 Å². The van der Waals surface area contributed by atoms with E-state index >= 15 is 0 Å². The van der Waals surface area contributed by atoms with E-state index in [4.69, 9.17) is 13.9 Å². The average molecular weight is 284 g/mol. The van der Waals surface area contributed by atoms with Crippen LogP contribution in [-0.2, 0) is 20.9 Å². The van der Waals surface area contributed by atoms with E-state index < -0.39 is 5.97 Å². The second-order valence-corrected chi connectivity index (χ2v) is 4.70. The zero-order valence-corrected chi connectivity index (χ0v) is 12.0. The Balaban J connectivity index is 2.50. The van der Waals surface area contributed by atoms with Crippen LogP contribution in [0.25, 0.3) is 0 Å². The predicted octanol–water partition coefficient (Wildman–Crippen LogP) is 1.75. The van der Waals surface area contributed by atoms with Gasteiger partial charge in [-0.2, -0.15) is 0 Å². The molecule has 0 amide bonds. The number of rotatable bonds is 8. The minimum atomic E-state index is -0.521. The summed E-state index contributed by atoms with van der Waals surface area (Å²) in [4.78, 5) is 22.8. The van der Waals surface area contributed by atoms with Gasteiger partial charge < -0.3 is 18.6 Å². The van der Waals surface area contributed by atoms with Gasteiger partial charge in [-0.1, -0.05) is 13.8 Å². The highest BCUT2D eigenvalue weighted by molar-refractivity contribution is 5.70. The Labute approximate surface area is 117 Å². The Morgan fingerprint density at radius 2 is 2.15 bits per heavy atom. The molecule has 0 aliphatic rings. The molecule has 1 aromatic rings. The molecule has 0 saturated heterocycles. The van der Waals surface area contributed by atoms with Gasteiger partial charge >= 0.3 is 5.97 Å². The van der Waals surface area contributed by atoms with Crippen molar-refractivity contribution in [1.29, 1.82) is 0 Å². The highest BCUT2D eigenvalue weighted by Crippen LogP contribution is 2.09. The fourth-order valence-electron chi connectivity index (χ4n) is 1.34. The summed E-state index contributed by atoms with van der Waals surface area (Å²) < 4.78 is 20.0. The standard InChI is InChI=1S/C14H20O6/c1-10(2)4-5-18-13-8-19-11(6-12(13)15)7-20-14(16)9-17-3/h6,8,10H,4-5,7,9H2,1-3H3. The topological polar surface area (TPSA) is 75.0 Å². The molecule has 0 atom stereocenters. The number of carbonyl (C=O) groups is 1. The van der Waals surface area contributed by atoms with Gasteiger partial charge in [-0.15, -0.1) is 0 Å². The maximum absolute atomic E-state index is 11.7. The summed E-state index contributed by atoms with van der Waals surface area (Å²) in [7, 11) is 1.39. The van der Waals surface area contributed by atoms with E-state index in [-0.39, 0.29) is 30.2 Å². The van der Waals surface area contributed by atoms with Gasteiger partial charge in [-0.25, -0.2) is 4.79 Å². The van der Waals surface area contributed by atoms with E-state index in [0.717, 1.165) is 6.42 Å². The van der Waals surface area contributed by atoms with Gasteiger partial charge in [0.25, 0.3) is 0 Å². The highest BCUT2D eigenvalue weighted by Gasteiger charge is 2.08. The molecule has 0 fully saturated rings. The van der Waals surface area contributed by atoms with E-state index in [9.17, 15) is 9.59 Å². The first-order chi connectivity index (χ1) is 9.52. The minimum Gasteiger partial charge on any atom is -0.487 e. The van der Waals surface area contributed by atoms with Crippen molar-refractivity contribution >= 4 is 5.97 Å². The normalized spacial score (nSPS) is 10.6. The zero-order chi connectivity index (χ0) is 15.0. The van der Waals surface area contributed by atoms with E-state index in [1.54, 1.807) is 0 Å². The van der Waals surface area contributed by atoms with Gasteiger partial charge in [0.2, 0.25) is 11.2 Å². The van der Waals surface area contributed by atoms with Gasteiger partial charge in [0, 0.05) is 13.2 Å². The predicted molar refractivity (Wildman–Crippen MR) is 71.6 cm³/mol. The minimum absolute atomic E-state index is 0.107. The van der Waals surface area contributed by atoms with Crippen molar-refractivity contribution in [2.45, 2.75) is 26.9 Å². The largest absolute Gasteiger partial charge is 0.487 e. The number of carbonyl (C=O) groups excluding carboxylic acids is 1. The summed E-state index contributed by atoms with van der Waals surface area (Å²) >= 11 is 0. The Morgan fingerprint density at radius 3 is 2.75 bits per heavy atom. The van der Waals surface area contributed by atoms with Crippen LogP contribution in [0, 0.1) is 5.92 Å². The first kappa shape index (κ1) is 16.2. The van der Waals surface area contributed by atoms with Gasteiger partial charge in [-0.05, 0) is 12.3 Å². The molecule has 0 bridgehead atoms. The van der Waals surface area contributed by atoms with Gasteiger partial charge in [-0.3, -0.25) is 4.79 Å². The van der Waals surface area contributed by atoms with Crippen molar-refractivity contribution in [3.8, 4) is 5.75 Å². The van der Waals surface area contributed by atoms with E-state index in [0.29, 0.717) is 12.5 Å². The maximum Gasteiger partial charge on any atom is 0.332 e. The Kier molecular flexibility index (Phi) is 6.79. The molecular formula is C14H20O6. The monoisotopic (exact) mass is 284 g/mol. The molecule has 20 heavy (non-hydrogen) atoms. The number of ether oxygens (including phenoxy) is 3. The fourth-order valence-corrected chi connectivity index (χ4v) is 1.34. The average Bonchev–Trinajstić information content (AvgIpc) is 2.38. The molecule has 1 heterocycles. The SMILES string of the molecule is COCC(=O)OCc1cc(=O)c(OCCC(C)C)co1. The van der Waals surface area contributed by atoms with Crippen molar-refractivity contribution in [2.24, 2.45) is 5.92 Å². The third-order valence-corrected chi connectivity index (χ3v) is 2.44. The van der Waals surface area contributed by atoms with Crippen LogP contribution in [0.4, 0.5) is 0 Å². The molecule has 1 rings (SSSR count). The van der Waals surface area contributed by atoms with Crippen LogP contribution in [0.3, 0.4) is 0 Å². The van der Waals surface area contributed by atoms with Gasteiger partial charge in [0.05, 0.1) is 6.61 Å². The van der Waals surface area contributed by atoms with Crippen LogP contribution in [0.1, 0.15) is 26.0 Å². The zero-order valence-electron chi connectivity index (χ0n) is 12.0. The molecule has 0 radical (unpaired) electrons. The number of methoxy groups -OCH3 is 1. The first-order valence-electron chi connectivity index (χ1n) is 6.42. The van der Waals surface area contributed by atoms with E-state index in [1.807, 2.05) is 0 Å². The first-order valence-corrected chi connectivity index (χ1v) is 6.42. The number of hydrogen-bond acceptors (Lipinski definition) is 6. The second-order valence-electron chi connectivity index (χ2n) is 4.70. The summed E-state index contributed by atoms with van der Waals surface area (Å²) in [6.45, 7) is 4.36. The fraction of sp³-hybridized carbons (Fsp3) is 0.571. The molecular weight excluding hydrogens is 264 g/mol. The second kappa shape index (κ2) is 8.37. The third-order valence-electron chi connectivity index (χ3n) is 2.44. The summed E-state index contributed by atoms with van der Waals surface area (Å²) in [5.74, 6) is 0.405. The third kappa shape index (κ3) is 5.88. The lowest BCUT2D eigenvalue weighted by Gasteiger charge is -2.07. The van der Waals surface area contributed by atoms with Crippen LogP contribution in [0.5, 0.6) is 5.75 Å². The Hall–Kier alpha value is -1.82. The van der Waals surface area contributed by atoms with E-state index in [2.05, 4.69) is 18.6 Å². The van der Waals surface area contributed by atoms with Crippen LogP contribution in [0.2, 0.25) is 0 Å². The lowest BCUT2D eigenvalue weighted by molar-refractivity contribution is -0.149. The lowest BCUT2D eigenvalue weighted by atomic mass is 10.1. The Morgan fingerprint density at radius 1 is 1.40 bits per heavy atom. The quantitative estimate of drug-likeness (QED) is 0.677. The molecule has 0 spiro atoms. The van der Waals surface area contributed by atoms with Gasteiger partial charge in [0.15, 0.2) is 0 Å². The Bertz CT molecular complexity index is 477. The molecule has 0 unspecified atom stereocenters. The summed E-state index contributed by atoms with van der Waals surface area (Å²) in [5.41, 5.74) is -0.294. The molecule has 0 aliphatic heterocycles. The van der Waals surface area contributed by atoms with Crippen LogP contribution < -0.4 is 10.2 Å².